The van der Waals surface area contributed by atoms with Gasteiger partial charge in [0.25, 0.3) is 11.8 Å². The molecule has 3 N–H and O–H groups in total. The molecule has 0 saturated carbocycles. The number of hydrogen-bond donors (Lipinski definition) is 3. The Kier molecular flexibility index (Phi) is 6.74. The molecule has 25 heavy (non-hydrogen) atoms. The summed E-state index contributed by atoms with van der Waals surface area (Å²) in [5.74, 6) is -0.266. The lowest BCUT2D eigenvalue weighted by Gasteiger charge is -2.11. The minimum absolute atomic E-state index is 0.0501. The van der Waals surface area contributed by atoms with Crippen LogP contribution in [0.2, 0.25) is 5.02 Å². The van der Waals surface area contributed by atoms with E-state index in [-0.39, 0.29) is 5.11 Å². The van der Waals surface area contributed by atoms with Gasteiger partial charge in [0.15, 0.2) is 5.11 Å². The quantitative estimate of drug-likeness (QED) is 0.503. The SMILES string of the molecule is COc1ccc(C(=O)NNC(=S)NC(=O)c2cccc(Cl)c2)cc1Br. The third-order valence-corrected chi connectivity index (χ3v) is 4.08. The van der Waals surface area contributed by atoms with E-state index < -0.39 is 11.8 Å². The molecule has 9 heteroatoms. The summed E-state index contributed by atoms with van der Waals surface area (Å²) in [6.45, 7) is 0. The lowest BCUT2D eigenvalue weighted by molar-refractivity contribution is 0.0934. The molecule has 0 heterocycles. The highest BCUT2D eigenvalue weighted by Crippen LogP contribution is 2.25. The van der Waals surface area contributed by atoms with E-state index in [1.165, 1.54) is 13.2 Å². The molecule has 0 radical (unpaired) electrons. The fourth-order valence-electron chi connectivity index (χ4n) is 1.83. The van der Waals surface area contributed by atoms with Crippen molar-refractivity contribution in [2.45, 2.75) is 0 Å². The van der Waals surface area contributed by atoms with Crippen LogP contribution in [0.5, 0.6) is 5.75 Å². The van der Waals surface area contributed by atoms with Crippen LogP contribution in [0.25, 0.3) is 0 Å². The number of nitrogens with one attached hydrogen (secondary N) is 3. The van der Waals surface area contributed by atoms with Crippen molar-refractivity contribution < 1.29 is 14.3 Å². The second kappa shape index (κ2) is 8.80. The Morgan fingerprint density at radius 1 is 1.08 bits per heavy atom. The Balaban J connectivity index is 1.90. The van der Waals surface area contributed by atoms with Gasteiger partial charge in [0.2, 0.25) is 0 Å². The zero-order chi connectivity index (χ0) is 18.4. The maximum atomic E-state index is 12.1. The lowest BCUT2D eigenvalue weighted by Crippen LogP contribution is -2.48. The van der Waals surface area contributed by atoms with Crippen molar-refractivity contribution in [2.24, 2.45) is 0 Å². The van der Waals surface area contributed by atoms with Crippen LogP contribution in [0.3, 0.4) is 0 Å². The maximum absolute atomic E-state index is 12.1. The third kappa shape index (κ3) is 5.42. The van der Waals surface area contributed by atoms with Crippen molar-refractivity contribution in [1.82, 2.24) is 16.2 Å². The first-order valence-electron chi connectivity index (χ1n) is 6.91. The molecule has 2 aromatic carbocycles. The molecular formula is C16H13BrClN3O3S. The fourth-order valence-corrected chi connectivity index (χ4v) is 2.70. The standard InChI is InChI=1S/C16H13BrClN3O3S/c1-24-13-6-5-10(8-12(13)17)15(23)20-21-16(25)19-14(22)9-3-2-4-11(18)7-9/h2-8H,1H3,(H,20,23)(H2,19,21,22,25). The Hall–Kier alpha value is -2.16. The van der Waals surface area contributed by atoms with Crippen molar-refractivity contribution in [1.29, 1.82) is 0 Å². The Morgan fingerprint density at radius 3 is 2.44 bits per heavy atom. The average molecular weight is 443 g/mol. The maximum Gasteiger partial charge on any atom is 0.269 e. The number of amides is 2. The van der Waals surface area contributed by atoms with E-state index in [4.69, 9.17) is 28.6 Å². The topological polar surface area (TPSA) is 79.5 Å². The van der Waals surface area contributed by atoms with Crippen molar-refractivity contribution in [3.05, 3.63) is 63.1 Å². The van der Waals surface area contributed by atoms with E-state index in [1.807, 2.05) is 0 Å². The van der Waals surface area contributed by atoms with Crippen LogP contribution in [0.1, 0.15) is 20.7 Å². The molecule has 0 spiro atoms. The van der Waals surface area contributed by atoms with Gasteiger partial charge in [-0.1, -0.05) is 17.7 Å². The van der Waals surface area contributed by atoms with Gasteiger partial charge in [-0.3, -0.25) is 25.8 Å². The number of carbonyl (C=O) groups is 2. The van der Waals surface area contributed by atoms with Gasteiger partial charge < -0.3 is 4.74 Å². The average Bonchev–Trinajstić information content (AvgIpc) is 2.59. The van der Waals surface area contributed by atoms with E-state index in [1.54, 1.807) is 36.4 Å². The minimum Gasteiger partial charge on any atom is -0.496 e. The number of benzene rings is 2. The molecule has 0 aliphatic rings. The van der Waals surface area contributed by atoms with Crippen LogP contribution in [0, 0.1) is 0 Å². The first-order chi connectivity index (χ1) is 11.9. The monoisotopic (exact) mass is 441 g/mol. The van der Waals surface area contributed by atoms with Crippen molar-refractivity contribution in [3.8, 4) is 5.75 Å². The van der Waals surface area contributed by atoms with Crippen molar-refractivity contribution in [2.75, 3.05) is 7.11 Å². The van der Waals surface area contributed by atoms with Crippen LogP contribution in [-0.4, -0.2) is 24.0 Å². The summed E-state index contributed by atoms with van der Waals surface area (Å²) >= 11 is 14.1. The summed E-state index contributed by atoms with van der Waals surface area (Å²) in [5.41, 5.74) is 5.59. The van der Waals surface area contributed by atoms with Gasteiger partial charge in [0, 0.05) is 16.1 Å². The largest absolute Gasteiger partial charge is 0.496 e. The Bertz CT molecular complexity index is 832. The molecule has 0 unspecified atom stereocenters. The molecule has 0 aliphatic carbocycles. The number of carbonyl (C=O) groups excluding carboxylic acids is 2. The van der Waals surface area contributed by atoms with E-state index >= 15 is 0 Å². The molecule has 0 saturated heterocycles. The zero-order valence-corrected chi connectivity index (χ0v) is 16.1. The molecular weight excluding hydrogens is 430 g/mol. The molecule has 0 aromatic heterocycles. The van der Waals surface area contributed by atoms with Gasteiger partial charge in [-0.05, 0) is 64.5 Å². The summed E-state index contributed by atoms with van der Waals surface area (Å²) in [4.78, 5) is 24.1. The molecule has 0 atom stereocenters. The van der Waals surface area contributed by atoms with E-state index in [0.717, 1.165) is 0 Å². The molecule has 0 bridgehead atoms. The van der Waals surface area contributed by atoms with Gasteiger partial charge in [-0.2, -0.15) is 0 Å². The minimum atomic E-state index is -0.443. The predicted octanol–water partition coefficient (Wildman–Crippen LogP) is 3.06. The second-order valence-electron chi connectivity index (χ2n) is 4.72. The zero-order valence-electron chi connectivity index (χ0n) is 12.9. The highest BCUT2D eigenvalue weighted by Gasteiger charge is 2.11. The Labute approximate surface area is 163 Å². The van der Waals surface area contributed by atoms with Crippen LogP contribution >= 0.6 is 39.7 Å². The number of methoxy groups -OCH3 is 1. The van der Waals surface area contributed by atoms with E-state index in [2.05, 4.69) is 32.1 Å². The number of ether oxygens (including phenoxy) is 1. The van der Waals surface area contributed by atoms with E-state index in [0.29, 0.717) is 26.4 Å². The van der Waals surface area contributed by atoms with Crippen LogP contribution in [0.4, 0.5) is 0 Å². The molecule has 2 rings (SSSR count). The summed E-state index contributed by atoms with van der Waals surface area (Å²) < 4.78 is 5.74. The van der Waals surface area contributed by atoms with Gasteiger partial charge in [0.1, 0.15) is 5.75 Å². The van der Waals surface area contributed by atoms with Crippen LogP contribution in [-0.2, 0) is 0 Å². The number of thiocarbonyl (C=S) groups is 1. The summed E-state index contributed by atoms with van der Waals surface area (Å²) in [6, 6.07) is 11.2. The molecule has 0 aliphatic heterocycles. The van der Waals surface area contributed by atoms with Crippen molar-refractivity contribution >= 4 is 56.7 Å². The highest BCUT2D eigenvalue weighted by molar-refractivity contribution is 9.10. The molecule has 6 nitrogen and oxygen atoms in total. The first-order valence-corrected chi connectivity index (χ1v) is 8.49. The Morgan fingerprint density at radius 2 is 1.80 bits per heavy atom. The molecule has 2 amide bonds. The van der Waals surface area contributed by atoms with Gasteiger partial charge in [0.05, 0.1) is 11.6 Å². The van der Waals surface area contributed by atoms with E-state index in [9.17, 15) is 9.59 Å². The number of hydrazine groups is 1. The smallest absolute Gasteiger partial charge is 0.269 e. The lowest BCUT2D eigenvalue weighted by atomic mass is 10.2. The normalized spacial score (nSPS) is 9.88. The third-order valence-electron chi connectivity index (χ3n) is 3.02. The number of rotatable bonds is 3. The highest BCUT2D eigenvalue weighted by atomic mass is 79.9. The molecule has 0 fully saturated rings. The second-order valence-corrected chi connectivity index (χ2v) is 6.42. The number of halogens is 2. The van der Waals surface area contributed by atoms with Gasteiger partial charge >= 0.3 is 0 Å². The van der Waals surface area contributed by atoms with Gasteiger partial charge in [-0.15, -0.1) is 0 Å². The molecule has 2 aromatic rings. The van der Waals surface area contributed by atoms with Crippen LogP contribution < -0.4 is 20.9 Å². The predicted molar refractivity (Wildman–Crippen MR) is 103 cm³/mol. The molecule has 130 valence electrons. The summed E-state index contributed by atoms with van der Waals surface area (Å²) in [6.07, 6.45) is 0. The summed E-state index contributed by atoms with van der Waals surface area (Å²) in [7, 11) is 1.53. The van der Waals surface area contributed by atoms with Gasteiger partial charge in [-0.25, -0.2) is 0 Å². The first kappa shape index (κ1) is 19.2. The number of hydrogen-bond acceptors (Lipinski definition) is 4. The summed E-state index contributed by atoms with van der Waals surface area (Å²) in [5, 5.41) is 2.82. The van der Waals surface area contributed by atoms with Crippen molar-refractivity contribution in [3.63, 3.8) is 0 Å². The fraction of sp³-hybridized carbons (Fsp3) is 0.0625. The van der Waals surface area contributed by atoms with Crippen LogP contribution in [0.15, 0.2) is 46.9 Å².